The molecule has 0 heterocycles. The number of benzene rings is 1. The molecule has 21 heavy (non-hydrogen) atoms. The van der Waals surface area contributed by atoms with Crippen LogP contribution in [-0.4, -0.2) is 36.7 Å². The van der Waals surface area contributed by atoms with E-state index in [1.807, 2.05) is 6.07 Å². The summed E-state index contributed by atoms with van der Waals surface area (Å²) in [6.45, 7) is 5.58. The largest absolute Gasteiger partial charge is 0.508 e. The van der Waals surface area contributed by atoms with Crippen molar-refractivity contribution in [1.82, 2.24) is 10.2 Å². The van der Waals surface area contributed by atoms with Gasteiger partial charge in [0.05, 0.1) is 0 Å². The highest BCUT2D eigenvalue weighted by molar-refractivity contribution is 5.44. The minimum Gasteiger partial charge on any atom is -0.508 e. The zero-order chi connectivity index (χ0) is 15.4. The highest BCUT2D eigenvalue weighted by Crippen LogP contribution is 2.36. The van der Waals surface area contributed by atoms with Crippen LogP contribution in [0.3, 0.4) is 0 Å². The third-order valence-electron chi connectivity index (χ3n) is 5.08. The van der Waals surface area contributed by atoms with Crippen molar-refractivity contribution in [1.29, 1.82) is 0 Å². The van der Waals surface area contributed by atoms with E-state index in [-0.39, 0.29) is 0 Å². The third kappa shape index (κ3) is 3.58. The molecular formula is C18H30N2O. The predicted octanol–water partition coefficient (Wildman–Crippen LogP) is 3.34. The summed E-state index contributed by atoms with van der Waals surface area (Å²) in [6.07, 6.45) is 4.53. The summed E-state index contributed by atoms with van der Waals surface area (Å²) in [5, 5.41) is 13.7. The van der Waals surface area contributed by atoms with Crippen molar-refractivity contribution in [2.45, 2.75) is 51.6 Å². The summed E-state index contributed by atoms with van der Waals surface area (Å²) >= 11 is 0. The van der Waals surface area contributed by atoms with Gasteiger partial charge in [0.25, 0.3) is 0 Å². The Kier molecular flexibility index (Phi) is 5.65. The van der Waals surface area contributed by atoms with Crippen molar-refractivity contribution < 1.29 is 5.11 Å². The topological polar surface area (TPSA) is 35.5 Å². The van der Waals surface area contributed by atoms with Crippen LogP contribution in [0.5, 0.6) is 5.75 Å². The van der Waals surface area contributed by atoms with E-state index in [1.165, 1.54) is 18.4 Å². The molecule has 2 N–H and O–H groups in total. The maximum Gasteiger partial charge on any atom is 0.119 e. The van der Waals surface area contributed by atoms with Crippen molar-refractivity contribution >= 4 is 0 Å². The van der Waals surface area contributed by atoms with Gasteiger partial charge in [-0.15, -0.1) is 0 Å². The van der Waals surface area contributed by atoms with Crippen molar-refractivity contribution in [2.24, 2.45) is 5.92 Å². The average Bonchev–Trinajstić information content (AvgIpc) is 2.88. The SMILES string of the molecule is CCC(CC)C(CNC1CCc2c(O)cccc21)N(C)C. The Bertz CT molecular complexity index is 455. The first-order valence-corrected chi connectivity index (χ1v) is 8.29. The second kappa shape index (κ2) is 7.28. The van der Waals surface area contributed by atoms with Crippen LogP contribution in [0.15, 0.2) is 18.2 Å². The summed E-state index contributed by atoms with van der Waals surface area (Å²) in [6, 6.07) is 6.87. The van der Waals surface area contributed by atoms with Gasteiger partial charge in [-0.05, 0) is 50.0 Å². The molecule has 0 fully saturated rings. The van der Waals surface area contributed by atoms with Crippen molar-refractivity contribution in [2.75, 3.05) is 20.6 Å². The van der Waals surface area contributed by atoms with Gasteiger partial charge in [0, 0.05) is 18.6 Å². The molecule has 2 rings (SSSR count). The fraction of sp³-hybridized carbons (Fsp3) is 0.667. The number of hydrogen-bond acceptors (Lipinski definition) is 3. The fourth-order valence-corrected chi connectivity index (χ4v) is 3.71. The number of nitrogens with zero attached hydrogens (tertiary/aromatic N) is 1. The fourth-order valence-electron chi connectivity index (χ4n) is 3.71. The zero-order valence-electron chi connectivity index (χ0n) is 13.9. The first-order valence-electron chi connectivity index (χ1n) is 8.29. The van der Waals surface area contributed by atoms with Crippen LogP contribution in [0.1, 0.15) is 50.3 Å². The molecule has 0 saturated heterocycles. The first kappa shape index (κ1) is 16.3. The lowest BCUT2D eigenvalue weighted by Gasteiger charge is -2.32. The van der Waals surface area contributed by atoms with Crippen LogP contribution in [0, 0.1) is 5.92 Å². The molecule has 0 radical (unpaired) electrons. The number of phenolic OH excluding ortho intramolecular Hbond substituents is 1. The van der Waals surface area contributed by atoms with Crippen LogP contribution in [-0.2, 0) is 6.42 Å². The number of fused-ring (bicyclic) bond motifs is 1. The normalized spacial score (nSPS) is 19.2. The van der Waals surface area contributed by atoms with E-state index < -0.39 is 0 Å². The Balaban J connectivity index is 2.02. The van der Waals surface area contributed by atoms with Gasteiger partial charge in [-0.2, -0.15) is 0 Å². The van der Waals surface area contributed by atoms with Crippen molar-refractivity contribution in [3.63, 3.8) is 0 Å². The number of rotatable bonds is 7. The zero-order valence-corrected chi connectivity index (χ0v) is 13.9. The highest BCUT2D eigenvalue weighted by atomic mass is 16.3. The smallest absolute Gasteiger partial charge is 0.119 e. The molecule has 0 amide bonds. The molecule has 2 unspecified atom stereocenters. The second-order valence-electron chi connectivity index (χ2n) is 6.45. The van der Waals surface area contributed by atoms with Gasteiger partial charge in [-0.1, -0.05) is 38.8 Å². The van der Waals surface area contributed by atoms with E-state index in [0.717, 1.165) is 30.9 Å². The van der Waals surface area contributed by atoms with Gasteiger partial charge in [-0.3, -0.25) is 0 Å². The third-order valence-corrected chi connectivity index (χ3v) is 5.08. The molecule has 3 nitrogen and oxygen atoms in total. The summed E-state index contributed by atoms with van der Waals surface area (Å²) in [5.41, 5.74) is 2.43. The Hall–Kier alpha value is -1.06. The quantitative estimate of drug-likeness (QED) is 0.808. The highest BCUT2D eigenvalue weighted by Gasteiger charge is 2.27. The Morgan fingerprint density at radius 1 is 1.29 bits per heavy atom. The number of phenols is 1. The second-order valence-corrected chi connectivity index (χ2v) is 6.45. The molecule has 1 aliphatic rings. The van der Waals surface area contributed by atoms with Crippen LogP contribution >= 0.6 is 0 Å². The Morgan fingerprint density at radius 3 is 2.62 bits per heavy atom. The van der Waals surface area contributed by atoms with Crippen molar-refractivity contribution in [3.05, 3.63) is 29.3 Å². The van der Waals surface area contributed by atoms with Gasteiger partial charge >= 0.3 is 0 Å². The number of hydrogen-bond donors (Lipinski definition) is 2. The molecule has 2 atom stereocenters. The predicted molar refractivity (Wildman–Crippen MR) is 88.7 cm³/mol. The van der Waals surface area contributed by atoms with Gasteiger partial charge < -0.3 is 15.3 Å². The van der Waals surface area contributed by atoms with Crippen molar-refractivity contribution in [3.8, 4) is 5.75 Å². The van der Waals surface area contributed by atoms with E-state index in [4.69, 9.17) is 0 Å². The number of aromatic hydroxyl groups is 1. The van der Waals surface area contributed by atoms with E-state index in [9.17, 15) is 5.11 Å². The van der Waals surface area contributed by atoms with Crippen LogP contribution in [0.4, 0.5) is 0 Å². The molecule has 3 heteroatoms. The lowest BCUT2D eigenvalue weighted by atomic mass is 9.93. The minimum absolute atomic E-state index is 0.393. The van der Waals surface area contributed by atoms with E-state index in [0.29, 0.717) is 17.8 Å². The molecule has 1 aromatic carbocycles. The first-order chi connectivity index (χ1) is 10.1. The maximum atomic E-state index is 9.94. The summed E-state index contributed by atoms with van der Waals surface area (Å²) in [7, 11) is 4.36. The Morgan fingerprint density at radius 2 is 2.00 bits per heavy atom. The molecule has 0 saturated carbocycles. The van der Waals surface area contributed by atoms with Crippen LogP contribution in [0.25, 0.3) is 0 Å². The summed E-state index contributed by atoms with van der Waals surface area (Å²) < 4.78 is 0. The van der Waals surface area contributed by atoms with Crippen LogP contribution in [0.2, 0.25) is 0 Å². The molecular weight excluding hydrogens is 260 g/mol. The molecule has 0 bridgehead atoms. The molecule has 118 valence electrons. The van der Waals surface area contributed by atoms with Gasteiger partial charge in [0.1, 0.15) is 5.75 Å². The van der Waals surface area contributed by atoms with E-state index >= 15 is 0 Å². The molecule has 0 aromatic heterocycles. The minimum atomic E-state index is 0.393. The lowest BCUT2D eigenvalue weighted by molar-refractivity contribution is 0.189. The summed E-state index contributed by atoms with van der Waals surface area (Å²) in [5.74, 6) is 1.19. The number of nitrogens with one attached hydrogen (secondary N) is 1. The molecule has 0 aliphatic heterocycles. The van der Waals surface area contributed by atoms with E-state index in [1.54, 1.807) is 6.07 Å². The number of likely N-dealkylation sites (N-methyl/N-ethyl adjacent to an activating group) is 1. The standard InChI is InChI=1S/C18H30N2O/c1-5-13(6-2)17(20(3)4)12-19-16-11-10-15-14(16)8-7-9-18(15)21/h7-9,13,16-17,19,21H,5-6,10-12H2,1-4H3. The summed E-state index contributed by atoms with van der Waals surface area (Å²) in [4.78, 5) is 2.35. The maximum absolute atomic E-state index is 9.94. The van der Waals surface area contributed by atoms with E-state index in [2.05, 4.69) is 44.2 Å². The van der Waals surface area contributed by atoms with Gasteiger partial charge in [-0.25, -0.2) is 0 Å². The Labute approximate surface area is 129 Å². The molecule has 1 aliphatic carbocycles. The molecule has 1 aromatic rings. The van der Waals surface area contributed by atoms with Gasteiger partial charge in [0.15, 0.2) is 0 Å². The van der Waals surface area contributed by atoms with Crippen LogP contribution < -0.4 is 5.32 Å². The average molecular weight is 290 g/mol. The monoisotopic (exact) mass is 290 g/mol. The molecule has 0 spiro atoms. The lowest BCUT2D eigenvalue weighted by Crippen LogP contribution is -2.43. The van der Waals surface area contributed by atoms with Gasteiger partial charge in [0.2, 0.25) is 0 Å².